The molecule has 0 unspecified atom stereocenters. The molecule has 0 atom stereocenters. The Morgan fingerprint density at radius 1 is 1.10 bits per heavy atom. The van der Waals surface area contributed by atoms with Crippen LogP contribution in [0.25, 0.3) is 22.4 Å². The number of rotatable bonds is 3. The summed E-state index contributed by atoms with van der Waals surface area (Å²) in [4.78, 5) is 0. The molecule has 0 fully saturated rings. The van der Waals surface area contributed by atoms with E-state index >= 15 is 0 Å². The summed E-state index contributed by atoms with van der Waals surface area (Å²) in [7, 11) is 1.62. The van der Waals surface area contributed by atoms with Gasteiger partial charge in [-0.2, -0.15) is 0 Å². The van der Waals surface area contributed by atoms with Crippen molar-refractivity contribution in [3.63, 3.8) is 0 Å². The topological polar surface area (TPSA) is 61.3 Å². The lowest BCUT2D eigenvalue weighted by molar-refractivity contribution is 0.416. The maximum atomic E-state index is 5.95. The van der Waals surface area contributed by atoms with Crippen molar-refractivity contribution in [1.82, 2.24) is 5.16 Å². The molecule has 0 aliphatic heterocycles. The molecule has 3 rings (SSSR count). The van der Waals surface area contributed by atoms with E-state index in [1.807, 2.05) is 36.4 Å². The van der Waals surface area contributed by atoms with Gasteiger partial charge >= 0.3 is 0 Å². The summed E-state index contributed by atoms with van der Waals surface area (Å²) in [5.41, 5.74) is 9.04. The van der Waals surface area contributed by atoms with Gasteiger partial charge in [-0.3, -0.25) is 0 Å². The van der Waals surface area contributed by atoms with Crippen molar-refractivity contribution in [3.8, 4) is 28.1 Å². The third-order valence-corrected chi connectivity index (χ3v) is 3.46. The van der Waals surface area contributed by atoms with Crippen molar-refractivity contribution in [1.29, 1.82) is 0 Å². The van der Waals surface area contributed by atoms with E-state index in [0.29, 0.717) is 16.5 Å². The highest BCUT2D eigenvalue weighted by molar-refractivity contribution is 6.30. The molecule has 0 saturated heterocycles. The second kappa shape index (κ2) is 5.50. The van der Waals surface area contributed by atoms with Gasteiger partial charge in [-0.1, -0.05) is 47.1 Å². The van der Waals surface area contributed by atoms with Crippen LogP contribution in [-0.4, -0.2) is 12.3 Å². The second-order valence-corrected chi connectivity index (χ2v) is 4.91. The molecular formula is C16H13ClN2O2. The van der Waals surface area contributed by atoms with Crippen LogP contribution in [-0.2, 0) is 0 Å². The summed E-state index contributed by atoms with van der Waals surface area (Å²) in [5.74, 6) is 0.965. The van der Waals surface area contributed by atoms with Crippen LogP contribution in [0.1, 0.15) is 0 Å². The molecule has 2 aromatic carbocycles. The fourth-order valence-corrected chi connectivity index (χ4v) is 2.35. The van der Waals surface area contributed by atoms with E-state index in [9.17, 15) is 0 Å². The third kappa shape index (κ3) is 2.45. The highest BCUT2D eigenvalue weighted by Crippen LogP contribution is 2.40. The fourth-order valence-electron chi connectivity index (χ4n) is 2.22. The van der Waals surface area contributed by atoms with Gasteiger partial charge in [0.15, 0.2) is 0 Å². The van der Waals surface area contributed by atoms with Gasteiger partial charge in [0.2, 0.25) is 5.88 Å². The number of aromatic nitrogens is 1. The zero-order valence-corrected chi connectivity index (χ0v) is 12.1. The monoisotopic (exact) mass is 300 g/mol. The van der Waals surface area contributed by atoms with Crippen LogP contribution in [0.3, 0.4) is 0 Å². The smallest absolute Gasteiger partial charge is 0.230 e. The van der Waals surface area contributed by atoms with Gasteiger partial charge in [0.05, 0.1) is 12.7 Å². The average molecular weight is 301 g/mol. The Hall–Kier alpha value is -2.46. The van der Waals surface area contributed by atoms with Gasteiger partial charge in [0.25, 0.3) is 0 Å². The maximum absolute atomic E-state index is 5.95. The van der Waals surface area contributed by atoms with Crippen LogP contribution in [0.4, 0.5) is 5.88 Å². The Labute approximate surface area is 127 Å². The van der Waals surface area contributed by atoms with E-state index in [-0.39, 0.29) is 5.88 Å². The van der Waals surface area contributed by atoms with Gasteiger partial charge < -0.3 is 15.0 Å². The molecule has 1 heterocycles. The lowest BCUT2D eigenvalue weighted by Gasteiger charge is -2.08. The molecule has 106 valence electrons. The first-order chi connectivity index (χ1) is 10.2. The molecule has 5 heteroatoms. The zero-order valence-electron chi connectivity index (χ0n) is 11.3. The molecule has 1 aromatic heterocycles. The van der Waals surface area contributed by atoms with Gasteiger partial charge in [-0.05, 0) is 18.2 Å². The molecule has 3 aromatic rings. The van der Waals surface area contributed by atoms with Crippen LogP contribution in [0.5, 0.6) is 5.75 Å². The van der Waals surface area contributed by atoms with Crippen LogP contribution in [0, 0.1) is 0 Å². The van der Waals surface area contributed by atoms with Gasteiger partial charge in [0, 0.05) is 16.1 Å². The molecule has 0 bridgehead atoms. The summed E-state index contributed by atoms with van der Waals surface area (Å²) in [5, 5.41) is 4.73. The Kier molecular flexibility index (Phi) is 3.54. The predicted octanol–water partition coefficient (Wildman–Crippen LogP) is 4.25. The minimum Gasteiger partial charge on any atom is -0.496 e. The van der Waals surface area contributed by atoms with E-state index < -0.39 is 0 Å². The van der Waals surface area contributed by atoms with Crippen LogP contribution in [0.15, 0.2) is 53.1 Å². The molecule has 0 radical (unpaired) electrons. The van der Waals surface area contributed by atoms with E-state index in [4.69, 9.17) is 26.6 Å². The van der Waals surface area contributed by atoms with E-state index in [0.717, 1.165) is 16.7 Å². The molecule has 0 aliphatic rings. The quantitative estimate of drug-likeness (QED) is 0.785. The molecule has 0 saturated carbocycles. The molecule has 0 aliphatic carbocycles. The van der Waals surface area contributed by atoms with Crippen molar-refractivity contribution in [2.45, 2.75) is 0 Å². The minimum absolute atomic E-state index is 0.254. The van der Waals surface area contributed by atoms with E-state index in [1.165, 1.54) is 0 Å². The Bertz CT molecular complexity index is 766. The summed E-state index contributed by atoms with van der Waals surface area (Å²) >= 11 is 5.92. The SMILES string of the molecule is COc1ccccc1-c1c(-c2ccc(Cl)cc2)noc1N. The number of methoxy groups -OCH3 is 1. The van der Waals surface area contributed by atoms with E-state index in [2.05, 4.69) is 5.16 Å². The van der Waals surface area contributed by atoms with E-state index in [1.54, 1.807) is 19.2 Å². The highest BCUT2D eigenvalue weighted by Gasteiger charge is 2.20. The highest BCUT2D eigenvalue weighted by atomic mass is 35.5. The standard InChI is InChI=1S/C16H13ClN2O2/c1-20-13-5-3-2-4-12(13)14-15(19-21-16(14)18)10-6-8-11(17)9-7-10/h2-9H,18H2,1H3. The number of halogens is 1. The first-order valence-electron chi connectivity index (χ1n) is 6.35. The fraction of sp³-hybridized carbons (Fsp3) is 0.0625. The predicted molar refractivity (Wildman–Crippen MR) is 83.3 cm³/mol. The first-order valence-corrected chi connectivity index (χ1v) is 6.73. The van der Waals surface area contributed by atoms with Crippen molar-refractivity contribution in [3.05, 3.63) is 53.6 Å². The lowest BCUT2D eigenvalue weighted by atomic mass is 10.0. The summed E-state index contributed by atoms with van der Waals surface area (Å²) in [6.45, 7) is 0. The van der Waals surface area contributed by atoms with Gasteiger partial charge in [-0.25, -0.2) is 0 Å². The Morgan fingerprint density at radius 2 is 1.81 bits per heavy atom. The number of ether oxygens (including phenoxy) is 1. The maximum Gasteiger partial charge on any atom is 0.230 e. The second-order valence-electron chi connectivity index (χ2n) is 4.48. The number of nitrogen functional groups attached to an aromatic ring is 1. The molecule has 0 spiro atoms. The number of hydrogen-bond acceptors (Lipinski definition) is 4. The number of nitrogens with zero attached hydrogens (tertiary/aromatic N) is 1. The van der Waals surface area contributed by atoms with Crippen molar-refractivity contribution in [2.24, 2.45) is 0 Å². The largest absolute Gasteiger partial charge is 0.496 e. The molecule has 2 N–H and O–H groups in total. The Balaban J connectivity index is 2.20. The zero-order chi connectivity index (χ0) is 14.8. The average Bonchev–Trinajstić information content (AvgIpc) is 2.89. The molecule has 21 heavy (non-hydrogen) atoms. The lowest BCUT2D eigenvalue weighted by Crippen LogP contribution is -1.91. The normalized spacial score (nSPS) is 10.6. The van der Waals surface area contributed by atoms with Gasteiger partial charge in [0.1, 0.15) is 11.4 Å². The van der Waals surface area contributed by atoms with Gasteiger partial charge in [-0.15, -0.1) is 0 Å². The molecule has 0 amide bonds. The van der Waals surface area contributed by atoms with Crippen LogP contribution in [0.2, 0.25) is 5.02 Å². The number of hydrogen-bond donors (Lipinski definition) is 1. The molecule has 4 nitrogen and oxygen atoms in total. The first kappa shape index (κ1) is 13.5. The number of para-hydroxylation sites is 1. The number of anilines is 1. The third-order valence-electron chi connectivity index (χ3n) is 3.21. The number of nitrogens with two attached hydrogens (primary N) is 1. The summed E-state index contributed by atoms with van der Waals surface area (Å²) in [6.07, 6.45) is 0. The van der Waals surface area contributed by atoms with Crippen molar-refractivity contribution in [2.75, 3.05) is 12.8 Å². The van der Waals surface area contributed by atoms with Crippen molar-refractivity contribution < 1.29 is 9.26 Å². The summed E-state index contributed by atoms with van der Waals surface area (Å²) in [6, 6.07) is 14.9. The molecular weight excluding hydrogens is 288 g/mol. The Morgan fingerprint density at radius 3 is 2.52 bits per heavy atom. The van der Waals surface area contributed by atoms with Crippen LogP contribution < -0.4 is 10.5 Å². The van der Waals surface area contributed by atoms with Crippen molar-refractivity contribution >= 4 is 17.5 Å². The van der Waals surface area contributed by atoms with Crippen LogP contribution >= 0.6 is 11.6 Å². The number of benzene rings is 2. The minimum atomic E-state index is 0.254. The summed E-state index contributed by atoms with van der Waals surface area (Å²) < 4.78 is 10.6.